The second-order valence-corrected chi connectivity index (χ2v) is 3.71. The molecule has 90 valence electrons. The topological polar surface area (TPSA) is 38.3 Å². The first-order valence-electron chi connectivity index (χ1n) is 5.20. The third-order valence-corrected chi connectivity index (χ3v) is 2.36. The van der Waals surface area contributed by atoms with Gasteiger partial charge in [0.2, 0.25) is 0 Å². The van der Waals surface area contributed by atoms with Crippen LogP contribution in [0, 0.1) is 11.8 Å². The van der Waals surface area contributed by atoms with Crippen molar-refractivity contribution in [1.82, 2.24) is 5.32 Å². The molecule has 0 aliphatic heterocycles. The van der Waals surface area contributed by atoms with E-state index in [9.17, 15) is 4.79 Å². The fourth-order valence-electron chi connectivity index (χ4n) is 1.31. The number of nitrogens with one attached hydrogen (secondary N) is 1. The minimum atomic E-state index is -0.184. The minimum absolute atomic E-state index is 0.184. The molecule has 0 fully saturated rings. The number of benzene rings is 1. The Kier molecular flexibility index (Phi) is 5.38. The maximum absolute atomic E-state index is 11.8. The van der Waals surface area contributed by atoms with Crippen LogP contribution in [0.4, 0.5) is 0 Å². The Balaban J connectivity index is 2.70. The molecule has 0 saturated carbocycles. The van der Waals surface area contributed by atoms with E-state index >= 15 is 0 Å². The molecule has 17 heavy (non-hydrogen) atoms. The van der Waals surface area contributed by atoms with Crippen molar-refractivity contribution in [2.75, 3.05) is 13.7 Å². The smallest absolute Gasteiger partial charge is 0.255 e. The van der Waals surface area contributed by atoms with Crippen LogP contribution in [0.25, 0.3) is 0 Å². The highest BCUT2D eigenvalue weighted by atomic mass is 35.5. The second kappa shape index (κ2) is 6.82. The van der Waals surface area contributed by atoms with E-state index in [0.29, 0.717) is 29.3 Å². The van der Waals surface area contributed by atoms with Crippen LogP contribution in [0.15, 0.2) is 18.2 Å². The first-order valence-corrected chi connectivity index (χ1v) is 5.58. The predicted octanol–water partition coefficient (Wildman–Crippen LogP) is 2.49. The van der Waals surface area contributed by atoms with Crippen molar-refractivity contribution < 1.29 is 9.53 Å². The lowest BCUT2D eigenvalue weighted by Crippen LogP contribution is -2.24. The number of ether oxygens (including phenoxy) is 1. The van der Waals surface area contributed by atoms with E-state index in [1.54, 1.807) is 25.1 Å². The molecule has 1 aromatic rings. The maximum atomic E-state index is 11.8. The molecule has 0 unspecified atom stereocenters. The largest absolute Gasteiger partial charge is 0.496 e. The van der Waals surface area contributed by atoms with Gasteiger partial charge in [0.15, 0.2) is 0 Å². The van der Waals surface area contributed by atoms with E-state index in [0.717, 1.165) is 0 Å². The molecule has 0 saturated heterocycles. The number of rotatable bonds is 4. The first-order chi connectivity index (χ1) is 8.19. The SMILES string of the molecule is CC#CCCNC(=O)c1ccc(Cl)cc1OC. The zero-order chi connectivity index (χ0) is 12.7. The Morgan fingerprint density at radius 1 is 1.53 bits per heavy atom. The molecule has 1 N–H and O–H groups in total. The van der Waals surface area contributed by atoms with Gasteiger partial charge in [-0.15, -0.1) is 11.8 Å². The van der Waals surface area contributed by atoms with E-state index < -0.39 is 0 Å². The number of methoxy groups -OCH3 is 1. The summed E-state index contributed by atoms with van der Waals surface area (Å²) in [5.41, 5.74) is 0.473. The highest BCUT2D eigenvalue weighted by Gasteiger charge is 2.11. The summed E-state index contributed by atoms with van der Waals surface area (Å²) in [6.45, 7) is 2.29. The van der Waals surface area contributed by atoms with Gasteiger partial charge in [0.25, 0.3) is 5.91 Å². The van der Waals surface area contributed by atoms with E-state index in [1.807, 2.05) is 0 Å². The molecule has 0 atom stereocenters. The van der Waals surface area contributed by atoms with Gasteiger partial charge in [-0.05, 0) is 25.1 Å². The van der Waals surface area contributed by atoms with Crippen molar-refractivity contribution in [2.45, 2.75) is 13.3 Å². The van der Waals surface area contributed by atoms with E-state index in [1.165, 1.54) is 7.11 Å². The van der Waals surface area contributed by atoms with Crippen LogP contribution in [0.1, 0.15) is 23.7 Å². The van der Waals surface area contributed by atoms with Crippen LogP contribution < -0.4 is 10.1 Å². The molecular formula is C13H14ClNO2. The highest BCUT2D eigenvalue weighted by Crippen LogP contribution is 2.22. The van der Waals surface area contributed by atoms with Crippen molar-refractivity contribution in [3.8, 4) is 17.6 Å². The van der Waals surface area contributed by atoms with Crippen LogP contribution in [0.3, 0.4) is 0 Å². The molecular weight excluding hydrogens is 238 g/mol. The molecule has 1 rings (SSSR count). The number of halogens is 1. The van der Waals surface area contributed by atoms with Crippen molar-refractivity contribution in [3.63, 3.8) is 0 Å². The fraction of sp³-hybridized carbons (Fsp3) is 0.308. The van der Waals surface area contributed by atoms with Crippen LogP contribution in [-0.4, -0.2) is 19.6 Å². The molecule has 1 aromatic carbocycles. The number of carbonyl (C=O) groups excluding carboxylic acids is 1. The van der Waals surface area contributed by atoms with Crippen molar-refractivity contribution in [3.05, 3.63) is 28.8 Å². The maximum Gasteiger partial charge on any atom is 0.255 e. The monoisotopic (exact) mass is 251 g/mol. The summed E-state index contributed by atoms with van der Waals surface area (Å²) in [6.07, 6.45) is 0.637. The lowest BCUT2D eigenvalue weighted by molar-refractivity contribution is 0.0951. The van der Waals surface area contributed by atoms with E-state index in [4.69, 9.17) is 16.3 Å². The van der Waals surface area contributed by atoms with Gasteiger partial charge in [0, 0.05) is 18.0 Å². The van der Waals surface area contributed by atoms with Crippen molar-refractivity contribution >= 4 is 17.5 Å². The molecule has 0 heterocycles. The molecule has 4 heteroatoms. The predicted molar refractivity (Wildman–Crippen MR) is 68.4 cm³/mol. The van der Waals surface area contributed by atoms with Gasteiger partial charge in [-0.2, -0.15) is 0 Å². The standard InChI is InChI=1S/C13H14ClNO2/c1-3-4-5-8-15-13(16)11-7-6-10(14)9-12(11)17-2/h6-7,9H,5,8H2,1-2H3,(H,15,16). The van der Waals surface area contributed by atoms with Gasteiger partial charge in [0.05, 0.1) is 12.7 Å². The third-order valence-electron chi connectivity index (χ3n) is 2.12. The summed E-state index contributed by atoms with van der Waals surface area (Å²) in [5, 5.41) is 3.30. The van der Waals surface area contributed by atoms with Crippen LogP contribution >= 0.6 is 11.6 Å². The number of hydrogen-bond donors (Lipinski definition) is 1. The van der Waals surface area contributed by atoms with Crippen LogP contribution in [0.2, 0.25) is 5.02 Å². The normalized spacial score (nSPS) is 9.12. The Morgan fingerprint density at radius 2 is 2.29 bits per heavy atom. The zero-order valence-electron chi connectivity index (χ0n) is 9.84. The van der Waals surface area contributed by atoms with Crippen LogP contribution in [-0.2, 0) is 0 Å². The molecule has 0 aromatic heterocycles. The second-order valence-electron chi connectivity index (χ2n) is 3.28. The quantitative estimate of drug-likeness (QED) is 0.660. The fourth-order valence-corrected chi connectivity index (χ4v) is 1.47. The molecule has 0 radical (unpaired) electrons. The van der Waals surface area contributed by atoms with Gasteiger partial charge in [-0.1, -0.05) is 11.6 Å². The van der Waals surface area contributed by atoms with Crippen molar-refractivity contribution in [2.24, 2.45) is 0 Å². The molecule has 0 aliphatic carbocycles. The Hall–Kier alpha value is -1.66. The van der Waals surface area contributed by atoms with E-state index in [2.05, 4.69) is 17.2 Å². The summed E-state index contributed by atoms with van der Waals surface area (Å²) in [7, 11) is 1.50. The Bertz CT molecular complexity index is 460. The number of amides is 1. The average Bonchev–Trinajstić information content (AvgIpc) is 2.34. The number of hydrogen-bond acceptors (Lipinski definition) is 2. The van der Waals surface area contributed by atoms with Crippen LogP contribution in [0.5, 0.6) is 5.75 Å². The number of carbonyl (C=O) groups is 1. The summed E-state index contributed by atoms with van der Waals surface area (Å²) in [6, 6.07) is 4.91. The summed E-state index contributed by atoms with van der Waals surface area (Å²) >= 11 is 5.82. The molecule has 0 spiro atoms. The minimum Gasteiger partial charge on any atom is -0.496 e. The summed E-state index contributed by atoms with van der Waals surface area (Å²) in [4.78, 5) is 11.8. The summed E-state index contributed by atoms with van der Waals surface area (Å²) < 4.78 is 5.10. The Labute approximate surface area is 106 Å². The lowest BCUT2D eigenvalue weighted by atomic mass is 10.2. The molecule has 0 aliphatic rings. The van der Waals surface area contributed by atoms with Gasteiger partial charge < -0.3 is 10.1 Å². The average molecular weight is 252 g/mol. The van der Waals surface area contributed by atoms with Gasteiger partial charge >= 0.3 is 0 Å². The Morgan fingerprint density at radius 3 is 2.94 bits per heavy atom. The molecule has 1 amide bonds. The summed E-state index contributed by atoms with van der Waals surface area (Å²) in [5.74, 6) is 5.93. The zero-order valence-corrected chi connectivity index (χ0v) is 10.6. The third kappa shape index (κ3) is 4.01. The van der Waals surface area contributed by atoms with E-state index in [-0.39, 0.29) is 5.91 Å². The van der Waals surface area contributed by atoms with Gasteiger partial charge in [-0.3, -0.25) is 4.79 Å². The van der Waals surface area contributed by atoms with Crippen molar-refractivity contribution in [1.29, 1.82) is 0 Å². The van der Waals surface area contributed by atoms with Gasteiger partial charge in [-0.25, -0.2) is 0 Å². The first kappa shape index (κ1) is 13.4. The molecule has 0 bridgehead atoms. The lowest BCUT2D eigenvalue weighted by Gasteiger charge is -2.08. The molecule has 3 nitrogen and oxygen atoms in total. The highest BCUT2D eigenvalue weighted by molar-refractivity contribution is 6.30. The van der Waals surface area contributed by atoms with Gasteiger partial charge in [0.1, 0.15) is 5.75 Å².